The number of rotatable bonds is 4. The van der Waals surface area contributed by atoms with Crippen molar-refractivity contribution in [3.05, 3.63) is 42.0 Å². The molecule has 0 spiro atoms. The topological polar surface area (TPSA) is 80.0 Å². The van der Waals surface area contributed by atoms with Gasteiger partial charge in [-0.2, -0.15) is 0 Å². The first-order valence-corrected chi connectivity index (χ1v) is 6.36. The number of carbonyl (C=O) groups is 1. The lowest BCUT2D eigenvalue weighted by Gasteiger charge is -2.19. The highest BCUT2D eigenvalue weighted by Gasteiger charge is 2.16. The van der Waals surface area contributed by atoms with E-state index >= 15 is 0 Å². The highest BCUT2D eigenvalue weighted by atomic mass is 16.3. The highest BCUT2D eigenvalue weighted by molar-refractivity contribution is 5.92. The lowest BCUT2D eigenvalue weighted by Crippen LogP contribution is -2.41. The van der Waals surface area contributed by atoms with Gasteiger partial charge in [0.15, 0.2) is 5.69 Å². The molecular formula is C14H18N4O2. The van der Waals surface area contributed by atoms with Crippen molar-refractivity contribution in [1.82, 2.24) is 15.5 Å². The molecule has 0 aliphatic carbocycles. The summed E-state index contributed by atoms with van der Waals surface area (Å²) in [5, 5.41) is 13.8. The summed E-state index contributed by atoms with van der Waals surface area (Å²) in [5.74, 6) is 1.16. The molecule has 0 aromatic carbocycles. The van der Waals surface area contributed by atoms with Crippen molar-refractivity contribution in [2.75, 3.05) is 5.32 Å². The normalized spacial score (nSPS) is 11.2. The van der Waals surface area contributed by atoms with Crippen LogP contribution >= 0.6 is 0 Å². The Labute approximate surface area is 117 Å². The van der Waals surface area contributed by atoms with Crippen LogP contribution in [-0.2, 0) is 6.54 Å². The third-order valence-corrected chi connectivity index (χ3v) is 2.41. The number of amides is 1. The Balaban J connectivity index is 1.94. The molecule has 0 bridgehead atoms. The Hall–Kier alpha value is -2.37. The van der Waals surface area contributed by atoms with Crippen LogP contribution in [0.25, 0.3) is 0 Å². The molecule has 0 aliphatic rings. The van der Waals surface area contributed by atoms with Crippen molar-refractivity contribution < 1.29 is 9.21 Å². The fourth-order valence-electron chi connectivity index (χ4n) is 1.54. The van der Waals surface area contributed by atoms with Gasteiger partial charge in [-0.1, -0.05) is 0 Å². The van der Waals surface area contributed by atoms with Crippen LogP contribution in [0.2, 0.25) is 0 Å². The molecule has 2 aromatic heterocycles. The average molecular weight is 274 g/mol. The Morgan fingerprint density at radius 1 is 1.25 bits per heavy atom. The van der Waals surface area contributed by atoms with Gasteiger partial charge in [-0.25, -0.2) is 0 Å². The van der Waals surface area contributed by atoms with Crippen molar-refractivity contribution >= 4 is 11.7 Å². The second-order valence-electron chi connectivity index (χ2n) is 5.44. The van der Waals surface area contributed by atoms with E-state index in [0.29, 0.717) is 18.1 Å². The van der Waals surface area contributed by atoms with Crippen molar-refractivity contribution in [1.29, 1.82) is 0 Å². The van der Waals surface area contributed by atoms with Crippen LogP contribution in [0.15, 0.2) is 34.9 Å². The first kappa shape index (κ1) is 14.0. The van der Waals surface area contributed by atoms with E-state index in [1.54, 1.807) is 18.4 Å². The van der Waals surface area contributed by atoms with Gasteiger partial charge in [0.25, 0.3) is 5.91 Å². The molecule has 0 saturated carbocycles. The van der Waals surface area contributed by atoms with Crippen LogP contribution in [-0.4, -0.2) is 21.6 Å². The molecular weight excluding hydrogens is 256 g/mol. The van der Waals surface area contributed by atoms with Gasteiger partial charge in [0, 0.05) is 5.54 Å². The minimum absolute atomic E-state index is 0.234. The number of nitrogens with zero attached hydrogens (tertiary/aromatic N) is 2. The number of hydrogen-bond donors (Lipinski definition) is 2. The molecule has 2 heterocycles. The maximum atomic E-state index is 11.9. The molecule has 0 radical (unpaired) electrons. The largest absolute Gasteiger partial charge is 0.467 e. The van der Waals surface area contributed by atoms with Gasteiger partial charge in [0.1, 0.15) is 11.6 Å². The summed E-state index contributed by atoms with van der Waals surface area (Å²) >= 11 is 0. The monoisotopic (exact) mass is 274 g/mol. The van der Waals surface area contributed by atoms with E-state index in [9.17, 15) is 4.79 Å². The first-order chi connectivity index (χ1) is 9.44. The molecule has 6 nitrogen and oxygen atoms in total. The van der Waals surface area contributed by atoms with E-state index in [2.05, 4.69) is 20.8 Å². The predicted molar refractivity (Wildman–Crippen MR) is 75.3 cm³/mol. The second kappa shape index (κ2) is 5.73. The van der Waals surface area contributed by atoms with E-state index in [4.69, 9.17) is 4.42 Å². The van der Waals surface area contributed by atoms with Crippen LogP contribution < -0.4 is 10.6 Å². The summed E-state index contributed by atoms with van der Waals surface area (Å²) in [5.41, 5.74) is -0.00177. The molecule has 0 fully saturated rings. The third-order valence-electron chi connectivity index (χ3n) is 2.41. The third kappa shape index (κ3) is 4.08. The standard InChI is InChI=1S/C14H18N4O2/c1-14(2,3)16-13(19)11-6-7-12(18-17-11)15-9-10-5-4-8-20-10/h4-8H,9H2,1-3H3,(H,15,18)(H,16,19). The number of anilines is 1. The molecule has 0 unspecified atom stereocenters. The zero-order chi connectivity index (χ0) is 14.6. The molecule has 0 aliphatic heterocycles. The summed E-state index contributed by atoms with van der Waals surface area (Å²) in [6, 6.07) is 7.04. The van der Waals surface area contributed by atoms with Gasteiger partial charge in [0.05, 0.1) is 12.8 Å². The summed E-state index contributed by atoms with van der Waals surface area (Å²) < 4.78 is 5.20. The molecule has 0 saturated heterocycles. The Bertz CT molecular complexity index is 556. The fraction of sp³-hybridized carbons (Fsp3) is 0.357. The summed E-state index contributed by atoms with van der Waals surface area (Å²) in [4.78, 5) is 11.9. The van der Waals surface area contributed by atoms with Crippen molar-refractivity contribution in [3.8, 4) is 0 Å². The molecule has 0 atom stereocenters. The molecule has 2 aromatic rings. The van der Waals surface area contributed by atoms with Crippen LogP contribution in [0.1, 0.15) is 37.0 Å². The minimum Gasteiger partial charge on any atom is -0.467 e. The number of carbonyl (C=O) groups excluding carboxylic acids is 1. The van der Waals surface area contributed by atoms with E-state index in [0.717, 1.165) is 5.76 Å². The number of aromatic nitrogens is 2. The van der Waals surface area contributed by atoms with E-state index in [1.807, 2.05) is 32.9 Å². The molecule has 106 valence electrons. The number of nitrogens with one attached hydrogen (secondary N) is 2. The smallest absolute Gasteiger partial charge is 0.272 e. The maximum Gasteiger partial charge on any atom is 0.272 e. The molecule has 2 rings (SSSR count). The maximum absolute atomic E-state index is 11.9. The van der Waals surface area contributed by atoms with Gasteiger partial charge in [-0.3, -0.25) is 4.79 Å². The summed E-state index contributed by atoms with van der Waals surface area (Å²) in [6.07, 6.45) is 1.61. The van der Waals surface area contributed by atoms with Crippen LogP contribution in [0, 0.1) is 0 Å². The van der Waals surface area contributed by atoms with Crippen LogP contribution in [0.3, 0.4) is 0 Å². The van der Waals surface area contributed by atoms with E-state index < -0.39 is 0 Å². The van der Waals surface area contributed by atoms with Crippen molar-refractivity contribution in [2.24, 2.45) is 0 Å². The van der Waals surface area contributed by atoms with Gasteiger partial charge in [-0.05, 0) is 45.0 Å². The predicted octanol–water partition coefficient (Wildman–Crippen LogP) is 2.21. The second-order valence-corrected chi connectivity index (χ2v) is 5.44. The summed E-state index contributed by atoms with van der Waals surface area (Å²) in [7, 11) is 0. The van der Waals surface area contributed by atoms with Crippen molar-refractivity contribution in [3.63, 3.8) is 0 Å². The molecule has 6 heteroatoms. The summed E-state index contributed by atoms with van der Waals surface area (Å²) in [6.45, 7) is 6.27. The number of furan rings is 1. The average Bonchev–Trinajstić information content (AvgIpc) is 2.88. The van der Waals surface area contributed by atoms with Gasteiger partial charge >= 0.3 is 0 Å². The van der Waals surface area contributed by atoms with Gasteiger partial charge < -0.3 is 15.1 Å². The van der Waals surface area contributed by atoms with E-state index in [-0.39, 0.29) is 11.4 Å². The lowest BCUT2D eigenvalue weighted by molar-refractivity contribution is 0.0913. The molecule has 2 N–H and O–H groups in total. The van der Waals surface area contributed by atoms with Crippen LogP contribution in [0.5, 0.6) is 0 Å². The van der Waals surface area contributed by atoms with Gasteiger partial charge in [0.2, 0.25) is 0 Å². The SMILES string of the molecule is CC(C)(C)NC(=O)c1ccc(NCc2ccco2)nn1. The Kier molecular flexibility index (Phi) is 4.02. The Morgan fingerprint density at radius 2 is 2.05 bits per heavy atom. The van der Waals surface area contributed by atoms with Gasteiger partial charge in [-0.15, -0.1) is 10.2 Å². The molecule has 20 heavy (non-hydrogen) atoms. The first-order valence-electron chi connectivity index (χ1n) is 6.36. The minimum atomic E-state index is -0.297. The van der Waals surface area contributed by atoms with Crippen LogP contribution in [0.4, 0.5) is 5.82 Å². The lowest BCUT2D eigenvalue weighted by atomic mass is 10.1. The highest BCUT2D eigenvalue weighted by Crippen LogP contribution is 2.07. The quantitative estimate of drug-likeness (QED) is 0.893. The number of hydrogen-bond acceptors (Lipinski definition) is 5. The van der Waals surface area contributed by atoms with E-state index in [1.165, 1.54) is 0 Å². The zero-order valence-corrected chi connectivity index (χ0v) is 11.8. The Morgan fingerprint density at radius 3 is 2.60 bits per heavy atom. The van der Waals surface area contributed by atoms with Crippen molar-refractivity contribution in [2.45, 2.75) is 32.9 Å². The fourth-order valence-corrected chi connectivity index (χ4v) is 1.54. The zero-order valence-electron chi connectivity index (χ0n) is 11.8. The molecule has 1 amide bonds.